The summed E-state index contributed by atoms with van der Waals surface area (Å²) in [4.78, 5) is 9.15. The second kappa shape index (κ2) is 14.6. The van der Waals surface area contributed by atoms with Crippen LogP contribution in [0.1, 0.15) is 79.7 Å². The van der Waals surface area contributed by atoms with Gasteiger partial charge in [-0.25, -0.2) is 0 Å². The quantitative estimate of drug-likeness (QED) is 0.162. The van der Waals surface area contributed by atoms with Crippen molar-refractivity contribution < 1.29 is 36.9 Å². The topological polar surface area (TPSA) is 43.9 Å². The van der Waals surface area contributed by atoms with Crippen molar-refractivity contribution in [1.82, 2.24) is 14.5 Å². The molecule has 0 saturated heterocycles. The molecule has 4 nitrogen and oxygen atoms in total. The van der Waals surface area contributed by atoms with Crippen LogP contribution in [0.5, 0.6) is 0 Å². The second-order valence-corrected chi connectivity index (χ2v) is 12.7. The Kier molecular flexibility index (Phi) is 7.33. The van der Waals surface area contributed by atoms with Gasteiger partial charge in [0, 0.05) is 49.7 Å². The van der Waals surface area contributed by atoms with E-state index >= 15 is 0 Å². The van der Waals surface area contributed by atoms with Crippen molar-refractivity contribution in [2.75, 3.05) is 0 Å². The normalized spacial score (nSPS) is 14.7. The Hall–Kier alpha value is -4.83. The molecule has 0 N–H and O–H groups in total. The van der Waals surface area contributed by atoms with E-state index in [1.54, 1.807) is 18.2 Å². The van der Waals surface area contributed by atoms with Crippen molar-refractivity contribution in [2.24, 2.45) is 0 Å². The maximum absolute atomic E-state index is 7.73. The van der Waals surface area contributed by atoms with E-state index in [0.717, 1.165) is 45.1 Å². The second-order valence-electron chi connectivity index (χ2n) is 12.7. The SMILES string of the molecule is [2H]C([2H])([2H])c1c[c-]c(-c2nc3ccccc3n2-c2c(C(C)C)cccc2C(C)C)cc1.[2H]C([2H])([2H])c1cnc(-c2[c-]ccc3c2oc2ccccc23)cc1C([2H])([2H])[2H].[Ir]. The Labute approximate surface area is 321 Å². The van der Waals surface area contributed by atoms with Gasteiger partial charge in [0.1, 0.15) is 5.58 Å². The van der Waals surface area contributed by atoms with Crippen molar-refractivity contribution in [2.45, 2.75) is 60.1 Å². The minimum atomic E-state index is -2.58. The van der Waals surface area contributed by atoms with Crippen molar-refractivity contribution in [3.05, 3.63) is 149 Å². The van der Waals surface area contributed by atoms with Crippen molar-refractivity contribution in [3.63, 3.8) is 0 Å². The summed E-state index contributed by atoms with van der Waals surface area (Å²) in [7, 11) is 0. The summed E-state index contributed by atoms with van der Waals surface area (Å²) in [6.07, 6.45) is 1.11. The van der Waals surface area contributed by atoms with Gasteiger partial charge in [-0.3, -0.25) is 4.98 Å². The third-order valence-electron chi connectivity index (χ3n) is 8.68. The number of imidazole rings is 1. The molecule has 0 aliphatic rings. The van der Waals surface area contributed by atoms with E-state index < -0.39 is 20.6 Å². The molecule has 0 spiro atoms. The molecule has 0 saturated carbocycles. The first-order chi connectivity index (χ1) is 27.3. The molecule has 0 unspecified atom stereocenters. The Morgan fingerprint density at radius 3 is 2.24 bits per heavy atom. The number of fused-ring (bicyclic) bond motifs is 4. The van der Waals surface area contributed by atoms with Gasteiger partial charge in [0.05, 0.1) is 22.4 Å². The Bertz CT molecular complexity index is 2740. The summed E-state index contributed by atoms with van der Waals surface area (Å²) >= 11 is 0. The Balaban J connectivity index is 0.000000197. The number of pyridine rings is 1. The summed E-state index contributed by atoms with van der Waals surface area (Å²) in [5.74, 6) is 1.45. The first kappa shape index (κ1) is 25.2. The van der Waals surface area contributed by atoms with Gasteiger partial charge >= 0.3 is 0 Å². The van der Waals surface area contributed by atoms with E-state index in [9.17, 15) is 0 Å². The Morgan fingerprint density at radius 2 is 1.52 bits per heavy atom. The summed E-state index contributed by atoms with van der Waals surface area (Å²) in [5, 5.41) is 1.79. The number of hydrogen-bond acceptors (Lipinski definition) is 3. The summed E-state index contributed by atoms with van der Waals surface area (Å²) < 4.78 is 77.1. The smallest absolute Gasteiger partial charge is 0.120 e. The predicted octanol–water partition coefficient (Wildman–Crippen LogP) is 12.1. The zero-order valence-electron chi connectivity index (χ0n) is 37.1. The van der Waals surface area contributed by atoms with E-state index in [1.807, 2.05) is 54.6 Å². The summed E-state index contributed by atoms with van der Waals surface area (Å²) in [5.41, 5.74) is 8.17. The molecule has 0 aliphatic heterocycles. The zero-order chi connectivity index (χ0) is 41.7. The van der Waals surface area contributed by atoms with Crippen LogP contribution in [0.2, 0.25) is 0 Å². The van der Waals surface area contributed by atoms with Crippen LogP contribution in [0.15, 0.2) is 114 Å². The molecule has 50 heavy (non-hydrogen) atoms. The number of aryl methyl sites for hydroxylation is 3. The monoisotopic (exact) mass is 841 g/mol. The van der Waals surface area contributed by atoms with Crippen LogP contribution in [0.4, 0.5) is 0 Å². The third kappa shape index (κ3) is 6.56. The van der Waals surface area contributed by atoms with E-state index in [4.69, 9.17) is 21.7 Å². The van der Waals surface area contributed by atoms with Crippen LogP contribution in [0.3, 0.4) is 0 Å². The fourth-order valence-corrected chi connectivity index (χ4v) is 6.24. The fraction of sp³-hybridized carbons (Fsp3) is 0.200. The molecule has 0 atom stereocenters. The molecule has 5 aromatic carbocycles. The average molecular weight is 841 g/mol. The minimum Gasteiger partial charge on any atom is -0.501 e. The van der Waals surface area contributed by atoms with Gasteiger partial charge in [0.2, 0.25) is 0 Å². The molecule has 0 fully saturated rings. The van der Waals surface area contributed by atoms with Crippen molar-refractivity contribution in [1.29, 1.82) is 0 Å². The molecule has 5 heteroatoms. The molecule has 0 bridgehead atoms. The van der Waals surface area contributed by atoms with Gasteiger partial charge in [-0.15, -0.1) is 53.6 Å². The molecule has 8 rings (SSSR count). The van der Waals surface area contributed by atoms with Crippen LogP contribution in [0, 0.1) is 32.7 Å². The van der Waals surface area contributed by atoms with Gasteiger partial charge in [0.15, 0.2) is 0 Å². The summed E-state index contributed by atoms with van der Waals surface area (Å²) in [6, 6.07) is 38.3. The number of hydrogen-bond donors (Lipinski definition) is 0. The van der Waals surface area contributed by atoms with E-state index in [0.29, 0.717) is 34.3 Å². The van der Waals surface area contributed by atoms with Gasteiger partial charge in [-0.2, -0.15) is 0 Å². The first-order valence-electron chi connectivity index (χ1n) is 20.8. The number of furan rings is 1. The van der Waals surface area contributed by atoms with Crippen molar-refractivity contribution >= 4 is 33.0 Å². The van der Waals surface area contributed by atoms with Gasteiger partial charge in [-0.05, 0) is 66.1 Å². The fourth-order valence-electron chi connectivity index (χ4n) is 6.24. The van der Waals surface area contributed by atoms with Gasteiger partial charge in [-0.1, -0.05) is 106 Å². The molecular weight excluding hydrogens is 791 g/mol. The minimum absolute atomic E-state index is 0. The largest absolute Gasteiger partial charge is 0.501 e. The molecule has 253 valence electrons. The standard InChI is InChI=1S/C26H27N2.C19H14NO.Ir/c1-17(2)21-9-8-10-22(18(3)4)25(21)28-24-12-7-6-11-23(24)27-26(28)20-15-13-19(5)14-16-20;1-12-10-17(20-11-13(12)2)16-8-5-7-15-14-6-3-4-9-18(14)21-19(15)16;/h6-15,17-18H,1-5H3;3-7,9-11H,1-2H3;/q2*-1;/i5D3;1D3,2D3;. The van der Waals surface area contributed by atoms with E-state index in [1.165, 1.54) is 17.2 Å². The number of aromatic nitrogens is 3. The van der Waals surface area contributed by atoms with Crippen LogP contribution in [-0.2, 0) is 20.1 Å². The molecule has 0 aliphatic carbocycles. The van der Waals surface area contributed by atoms with Gasteiger partial charge in [0.25, 0.3) is 0 Å². The molecular formula is C45H41IrN3O-2. The maximum Gasteiger partial charge on any atom is 0.120 e. The molecule has 3 aromatic heterocycles. The van der Waals surface area contributed by atoms with Crippen LogP contribution in [0.25, 0.3) is 61.3 Å². The van der Waals surface area contributed by atoms with Crippen LogP contribution < -0.4 is 0 Å². The van der Waals surface area contributed by atoms with Crippen LogP contribution in [-0.4, -0.2) is 14.5 Å². The number of rotatable bonds is 5. The van der Waals surface area contributed by atoms with Crippen LogP contribution >= 0.6 is 0 Å². The molecule has 8 aromatic rings. The molecule has 1 radical (unpaired) electrons. The molecule has 3 heterocycles. The third-order valence-corrected chi connectivity index (χ3v) is 8.68. The maximum atomic E-state index is 7.73. The number of benzene rings is 5. The number of para-hydroxylation sites is 4. The predicted molar refractivity (Wildman–Crippen MR) is 204 cm³/mol. The van der Waals surface area contributed by atoms with Gasteiger partial charge < -0.3 is 14.0 Å². The first-order valence-corrected chi connectivity index (χ1v) is 16.3. The van der Waals surface area contributed by atoms with E-state index in [2.05, 4.69) is 73.6 Å². The zero-order valence-corrected chi connectivity index (χ0v) is 30.5. The Morgan fingerprint density at radius 1 is 0.760 bits per heavy atom. The average Bonchev–Trinajstić information content (AvgIpc) is 3.75. The molecule has 0 amide bonds. The van der Waals surface area contributed by atoms with Crippen molar-refractivity contribution in [3.8, 4) is 28.3 Å². The summed E-state index contributed by atoms with van der Waals surface area (Å²) in [6.45, 7) is 1.54. The van der Waals surface area contributed by atoms with E-state index in [-0.39, 0.29) is 36.8 Å². The number of nitrogens with zero attached hydrogens (tertiary/aromatic N) is 3.